The van der Waals surface area contributed by atoms with Gasteiger partial charge >= 0.3 is 0 Å². The Labute approximate surface area is 178 Å². The summed E-state index contributed by atoms with van der Waals surface area (Å²) in [4.78, 5) is 22.3. The summed E-state index contributed by atoms with van der Waals surface area (Å²) in [6.07, 6.45) is 7.22. The number of thioether (sulfide) groups is 1. The van der Waals surface area contributed by atoms with Gasteiger partial charge in [-0.15, -0.1) is 0 Å². The standard InChI is InChI=1S/C23H32N4OS/c1-17-8-18(11-24-10-17)12-26-13-19-9-21(16-26)22-5-4-20(23(28)27(22)14-19)15-25(2)6-7-29-3/h4-5,8,10-11,19,21H,6-7,9,12-16H2,1-3H3/t19-,21+/m0/s1. The Hall–Kier alpha value is -1.63. The molecular weight excluding hydrogens is 380 g/mol. The van der Waals surface area contributed by atoms with Crippen molar-refractivity contribution in [1.82, 2.24) is 19.4 Å². The van der Waals surface area contributed by atoms with Crippen molar-refractivity contribution in [3.05, 3.63) is 63.3 Å². The highest BCUT2D eigenvalue weighted by molar-refractivity contribution is 7.98. The number of hydrogen-bond donors (Lipinski definition) is 0. The molecule has 0 aliphatic carbocycles. The highest BCUT2D eigenvalue weighted by Gasteiger charge is 2.34. The fraction of sp³-hybridized carbons (Fsp3) is 0.565. The lowest BCUT2D eigenvalue weighted by molar-refractivity contribution is 0.114. The maximum Gasteiger partial charge on any atom is 0.255 e. The summed E-state index contributed by atoms with van der Waals surface area (Å²) in [5.41, 5.74) is 4.89. The van der Waals surface area contributed by atoms with E-state index in [2.05, 4.69) is 57.8 Å². The summed E-state index contributed by atoms with van der Waals surface area (Å²) in [5.74, 6) is 2.11. The zero-order valence-electron chi connectivity index (χ0n) is 17.8. The fourth-order valence-corrected chi connectivity index (χ4v) is 5.41. The summed E-state index contributed by atoms with van der Waals surface area (Å²) < 4.78 is 2.09. The number of rotatable bonds is 7. The van der Waals surface area contributed by atoms with Gasteiger partial charge in [0.25, 0.3) is 5.56 Å². The van der Waals surface area contributed by atoms with Crippen molar-refractivity contribution in [2.24, 2.45) is 5.92 Å². The molecule has 0 amide bonds. The number of pyridine rings is 2. The predicted octanol–water partition coefficient (Wildman–Crippen LogP) is 2.97. The first kappa shape index (κ1) is 20.6. The third-order valence-corrected chi connectivity index (χ3v) is 6.80. The second-order valence-electron chi connectivity index (χ2n) is 8.79. The van der Waals surface area contributed by atoms with E-state index in [1.165, 1.54) is 23.2 Å². The molecule has 0 saturated carbocycles. The molecule has 1 saturated heterocycles. The average molecular weight is 413 g/mol. The second-order valence-corrected chi connectivity index (χ2v) is 9.78. The molecule has 6 heteroatoms. The Bertz CT molecular complexity index is 912. The third-order valence-electron chi connectivity index (χ3n) is 6.21. The number of hydrogen-bond acceptors (Lipinski definition) is 5. The van der Waals surface area contributed by atoms with E-state index < -0.39 is 0 Å². The third kappa shape index (κ3) is 4.76. The molecule has 2 aromatic rings. The number of aromatic nitrogens is 2. The van der Waals surface area contributed by atoms with E-state index >= 15 is 0 Å². The number of aryl methyl sites for hydroxylation is 1. The lowest BCUT2D eigenvalue weighted by Gasteiger charge is -2.43. The van der Waals surface area contributed by atoms with Gasteiger partial charge in [0.15, 0.2) is 0 Å². The molecule has 4 rings (SSSR count). The maximum absolute atomic E-state index is 13.2. The van der Waals surface area contributed by atoms with Gasteiger partial charge in [-0.05, 0) is 49.8 Å². The van der Waals surface area contributed by atoms with Crippen LogP contribution < -0.4 is 5.56 Å². The van der Waals surface area contributed by atoms with E-state index in [9.17, 15) is 4.79 Å². The lowest BCUT2D eigenvalue weighted by atomic mass is 9.83. The molecule has 0 N–H and O–H groups in total. The van der Waals surface area contributed by atoms with Crippen LogP contribution in [0.3, 0.4) is 0 Å². The van der Waals surface area contributed by atoms with Gasteiger partial charge in [-0.2, -0.15) is 11.8 Å². The van der Waals surface area contributed by atoms with Crippen LogP contribution >= 0.6 is 11.8 Å². The van der Waals surface area contributed by atoms with Crippen molar-refractivity contribution in [1.29, 1.82) is 0 Å². The van der Waals surface area contributed by atoms with Gasteiger partial charge in [0.1, 0.15) is 0 Å². The summed E-state index contributed by atoms with van der Waals surface area (Å²) in [6, 6.07) is 6.53. The van der Waals surface area contributed by atoms with Gasteiger partial charge in [0, 0.05) is 74.6 Å². The Morgan fingerprint density at radius 2 is 2.10 bits per heavy atom. The monoisotopic (exact) mass is 412 g/mol. The van der Waals surface area contributed by atoms with E-state index in [1.807, 2.05) is 24.2 Å². The van der Waals surface area contributed by atoms with Crippen LogP contribution in [0.25, 0.3) is 0 Å². The first-order valence-electron chi connectivity index (χ1n) is 10.6. The van der Waals surface area contributed by atoms with Crippen LogP contribution in [0.4, 0.5) is 0 Å². The highest BCUT2D eigenvalue weighted by atomic mass is 32.2. The molecule has 2 aromatic heterocycles. The average Bonchev–Trinajstić information content (AvgIpc) is 2.69. The molecule has 0 radical (unpaired) electrons. The molecule has 156 valence electrons. The molecule has 2 aliphatic rings. The molecule has 2 atom stereocenters. The van der Waals surface area contributed by atoms with Gasteiger partial charge < -0.3 is 9.47 Å². The van der Waals surface area contributed by atoms with Crippen LogP contribution in [0.15, 0.2) is 35.4 Å². The molecule has 0 unspecified atom stereocenters. The quantitative estimate of drug-likeness (QED) is 0.699. The molecule has 5 nitrogen and oxygen atoms in total. The summed E-state index contributed by atoms with van der Waals surface area (Å²) in [5, 5.41) is 0. The van der Waals surface area contributed by atoms with Gasteiger partial charge in [-0.1, -0.05) is 12.1 Å². The van der Waals surface area contributed by atoms with Crippen LogP contribution in [0, 0.1) is 12.8 Å². The van der Waals surface area contributed by atoms with Gasteiger partial charge in [0.2, 0.25) is 0 Å². The molecule has 4 heterocycles. The Morgan fingerprint density at radius 3 is 2.90 bits per heavy atom. The van der Waals surface area contributed by atoms with E-state index in [1.54, 1.807) is 0 Å². The van der Waals surface area contributed by atoms with Crippen LogP contribution in [0.1, 0.15) is 34.7 Å². The largest absolute Gasteiger partial charge is 0.312 e. The summed E-state index contributed by atoms with van der Waals surface area (Å²) in [7, 11) is 2.10. The smallest absolute Gasteiger partial charge is 0.255 e. The Morgan fingerprint density at radius 1 is 1.24 bits per heavy atom. The van der Waals surface area contributed by atoms with Crippen LogP contribution in [0.2, 0.25) is 0 Å². The van der Waals surface area contributed by atoms with E-state index in [4.69, 9.17) is 0 Å². The van der Waals surface area contributed by atoms with E-state index in [0.717, 1.165) is 50.6 Å². The minimum Gasteiger partial charge on any atom is -0.312 e. The molecule has 2 aliphatic heterocycles. The topological polar surface area (TPSA) is 41.4 Å². The molecular formula is C23H32N4OS. The summed E-state index contributed by atoms with van der Waals surface area (Å²) in [6.45, 7) is 7.74. The molecule has 0 spiro atoms. The van der Waals surface area contributed by atoms with Crippen molar-refractivity contribution in [2.45, 2.75) is 38.9 Å². The first-order valence-corrected chi connectivity index (χ1v) is 12.0. The maximum atomic E-state index is 13.2. The van der Waals surface area contributed by atoms with Crippen LogP contribution in [-0.2, 0) is 19.6 Å². The van der Waals surface area contributed by atoms with Crippen molar-refractivity contribution < 1.29 is 0 Å². The molecule has 2 bridgehead atoms. The fourth-order valence-electron chi connectivity index (χ4n) is 4.92. The van der Waals surface area contributed by atoms with E-state index in [0.29, 0.717) is 11.8 Å². The Balaban J connectivity index is 1.49. The first-order chi connectivity index (χ1) is 14.0. The number of fused-ring (bicyclic) bond motifs is 4. The number of nitrogens with zero attached hydrogens (tertiary/aromatic N) is 4. The normalized spacial score (nSPS) is 21.4. The predicted molar refractivity (Wildman–Crippen MR) is 121 cm³/mol. The molecule has 0 aromatic carbocycles. The minimum absolute atomic E-state index is 0.226. The summed E-state index contributed by atoms with van der Waals surface area (Å²) >= 11 is 1.85. The molecule has 29 heavy (non-hydrogen) atoms. The van der Waals surface area contributed by atoms with Crippen molar-refractivity contribution in [3.63, 3.8) is 0 Å². The van der Waals surface area contributed by atoms with E-state index in [-0.39, 0.29) is 5.56 Å². The highest BCUT2D eigenvalue weighted by Crippen LogP contribution is 2.35. The Kier molecular flexibility index (Phi) is 6.42. The zero-order chi connectivity index (χ0) is 20.4. The molecule has 1 fully saturated rings. The van der Waals surface area contributed by atoms with Crippen LogP contribution in [0.5, 0.6) is 0 Å². The van der Waals surface area contributed by atoms with Crippen molar-refractivity contribution >= 4 is 11.8 Å². The minimum atomic E-state index is 0.226. The van der Waals surface area contributed by atoms with Crippen LogP contribution in [-0.4, -0.2) is 58.0 Å². The zero-order valence-corrected chi connectivity index (χ0v) is 18.6. The SMILES string of the molecule is CSCCN(C)Cc1ccc2n(c1=O)C[C@H]1C[C@@H]2CN(Cc2cncc(C)c2)C1. The lowest BCUT2D eigenvalue weighted by Crippen LogP contribution is -2.47. The number of likely N-dealkylation sites (tertiary alicyclic amines) is 1. The van der Waals surface area contributed by atoms with Crippen molar-refractivity contribution in [2.75, 3.05) is 38.7 Å². The van der Waals surface area contributed by atoms with Gasteiger partial charge in [0.05, 0.1) is 0 Å². The second kappa shape index (κ2) is 9.02. The number of piperidine rings is 1. The van der Waals surface area contributed by atoms with Gasteiger partial charge in [-0.25, -0.2) is 0 Å². The van der Waals surface area contributed by atoms with Gasteiger partial charge in [-0.3, -0.25) is 14.7 Å². The van der Waals surface area contributed by atoms with Crippen molar-refractivity contribution in [3.8, 4) is 0 Å².